The van der Waals surface area contributed by atoms with E-state index in [0.717, 1.165) is 40.8 Å². The van der Waals surface area contributed by atoms with E-state index in [9.17, 15) is 0 Å². The zero-order valence-corrected chi connectivity index (χ0v) is 14.1. The van der Waals surface area contributed by atoms with Crippen LogP contribution >= 0.6 is 0 Å². The van der Waals surface area contributed by atoms with Gasteiger partial charge in [-0.1, -0.05) is 56.3 Å². The summed E-state index contributed by atoms with van der Waals surface area (Å²) in [6.07, 6.45) is 1.95. The molecule has 0 fully saturated rings. The topological polar surface area (TPSA) is 25.8 Å². The fraction of sp³-hybridized carbons (Fsp3) is 0.182. The van der Waals surface area contributed by atoms with Crippen LogP contribution in [0.3, 0.4) is 0 Å². The molecule has 0 atom stereocenters. The Morgan fingerprint density at radius 3 is 2.42 bits per heavy atom. The van der Waals surface area contributed by atoms with Gasteiger partial charge in [0, 0.05) is 22.0 Å². The van der Waals surface area contributed by atoms with Crippen molar-refractivity contribution in [3.63, 3.8) is 0 Å². The van der Waals surface area contributed by atoms with Gasteiger partial charge in [0.2, 0.25) is 0 Å². The molecular formula is C22H20N2. The lowest BCUT2D eigenvalue weighted by atomic mass is 10.0. The maximum atomic E-state index is 4.94. The van der Waals surface area contributed by atoms with Crippen LogP contribution in [0.1, 0.15) is 25.1 Å². The Morgan fingerprint density at radius 2 is 1.58 bits per heavy atom. The molecule has 0 aliphatic heterocycles. The number of hydrogen-bond acceptors (Lipinski definition) is 2. The molecule has 2 aromatic heterocycles. The van der Waals surface area contributed by atoms with Crippen LogP contribution < -0.4 is 0 Å². The van der Waals surface area contributed by atoms with Gasteiger partial charge in [0.25, 0.3) is 0 Å². The molecule has 0 saturated heterocycles. The second-order valence-electron chi connectivity index (χ2n) is 6.10. The fourth-order valence-electron chi connectivity index (χ4n) is 3.17. The largest absolute Gasteiger partial charge is 0.253 e. The van der Waals surface area contributed by atoms with E-state index in [4.69, 9.17) is 9.97 Å². The molecule has 0 bridgehead atoms. The van der Waals surface area contributed by atoms with Crippen LogP contribution in [-0.4, -0.2) is 9.97 Å². The van der Waals surface area contributed by atoms with Gasteiger partial charge in [-0.3, -0.25) is 4.98 Å². The quantitative estimate of drug-likeness (QED) is 0.494. The first-order chi connectivity index (χ1) is 11.8. The monoisotopic (exact) mass is 312 g/mol. The van der Waals surface area contributed by atoms with Crippen molar-refractivity contribution in [2.45, 2.75) is 26.7 Å². The van der Waals surface area contributed by atoms with Crippen molar-refractivity contribution in [1.82, 2.24) is 9.97 Å². The Hall–Kier alpha value is -2.74. The minimum absolute atomic E-state index is 0.953. The molecule has 0 amide bonds. The molecule has 118 valence electrons. The van der Waals surface area contributed by atoms with Crippen LogP contribution in [0.5, 0.6) is 0 Å². The highest BCUT2D eigenvalue weighted by Crippen LogP contribution is 2.26. The normalized spacial score (nSPS) is 11.2. The van der Waals surface area contributed by atoms with Gasteiger partial charge >= 0.3 is 0 Å². The number of fused-ring (bicyclic) bond motifs is 2. The van der Waals surface area contributed by atoms with Gasteiger partial charge in [0.15, 0.2) is 0 Å². The molecule has 24 heavy (non-hydrogen) atoms. The van der Waals surface area contributed by atoms with Crippen molar-refractivity contribution in [2.75, 3.05) is 0 Å². The van der Waals surface area contributed by atoms with Crippen molar-refractivity contribution in [2.24, 2.45) is 0 Å². The molecule has 0 aliphatic carbocycles. The average Bonchev–Trinajstić information content (AvgIpc) is 2.66. The number of aryl methyl sites for hydroxylation is 2. The molecule has 2 nitrogen and oxygen atoms in total. The SMILES string of the molecule is CCc1ccc2ccc(-c3ccc4cccc(CC)c4n3)cc2n1. The lowest BCUT2D eigenvalue weighted by Gasteiger charge is -2.08. The maximum Gasteiger partial charge on any atom is 0.0741 e. The average molecular weight is 312 g/mol. The molecule has 0 saturated carbocycles. The third-order valence-electron chi connectivity index (χ3n) is 4.59. The summed E-state index contributed by atoms with van der Waals surface area (Å²) in [6.45, 7) is 4.31. The molecule has 4 aromatic rings. The van der Waals surface area contributed by atoms with Crippen molar-refractivity contribution in [3.8, 4) is 11.3 Å². The van der Waals surface area contributed by atoms with Gasteiger partial charge in [-0.15, -0.1) is 0 Å². The minimum Gasteiger partial charge on any atom is -0.253 e. The number of benzene rings is 2. The van der Waals surface area contributed by atoms with Gasteiger partial charge in [0.1, 0.15) is 0 Å². The van der Waals surface area contributed by atoms with E-state index in [1.54, 1.807) is 0 Å². The van der Waals surface area contributed by atoms with Crippen LogP contribution in [0, 0.1) is 0 Å². The third-order valence-corrected chi connectivity index (χ3v) is 4.59. The smallest absolute Gasteiger partial charge is 0.0741 e. The van der Waals surface area contributed by atoms with Gasteiger partial charge in [-0.05, 0) is 36.6 Å². The Morgan fingerprint density at radius 1 is 0.750 bits per heavy atom. The van der Waals surface area contributed by atoms with E-state index in [1.165, 1.54) is 16.3 Å². The maximum absolute atomic E-state index is 4.94. The van der Waals surface area contributed by atoms with Gasteiger partial charge in [-0.2, -0.15) is 0 Å². The van der Waals surface area contributed by atoms with Crippen molar-refractivity contribution < 1.29 is 0 Å². The van der Waals surface area contributed by atoms with Gasteiger partial charge in [0.05, 0.1) is 16.7 Å². The third kappa shape index (κ3) is 2.54. The summed E-state index contributed by atoms with van der Waals surface area (Å²) >= 11 is 0. The van der Waals surface area contributed by atoms with Crippen molar-refractivity contribution >= 4 is 21.8 Å². The molecule has 0 spiro atoms. The Bertz CT molecular complexity index is 1030. The molecule has 2 aromatic carbocycles. The molecule has 2 heterocycles. The zero-order valence-electron chi connectivity index (χ0n) is 14.1. The summed E-state index contributed by atoms with van der Waals surface area (Å²) in [6, 6.07) is 21.3. The first-order valence-electron chi connectivity index (χ1n) is 8.57. The van der Waals surface area contributed by atoms with Crippen LogP contribution in [0.15, 0.2) is 60.7 Å². The summed E-state index contributed by atoms with van der Waals surface area (Å²) in [4.78, 5) is 9.69. The number of nitrogens with zero attached hydrogens (tertiary/aromatic N) is 2. The van der Waals surface area contributed by atoms with Crippen molar-refractivity contribution in [1.29, 1.82) is 0 Å². The predicted molar refractivity (Wildman–Crippen MR) is 101 cm³/mol. The number of aromatic nitrogens is 2. The Kier molecular flexibility index (Phi) is 3.73. The van der Waals surface area contributed by atoms with E-state index in [1.807, 2.05) is 0 Å². The summed E-state index contributed by atoms with van der Waals surface area (Å²) in [5.74, 6) is 0. The van der Waals surface area contributed by atoms with Crippen molar-refractivity contribution in [3.05, 3.63) is 71.9 Å². The number of pyridine rings is 2. The highest BCUT2D eigenvalue weighted by molar-refractivity contribution is 5.87. The standard InChI is InChI=1S/C22H20N2/c1-3-15-6-5-7-17-11-13-20(24-22(15)17)18-9-8-16-10-12-19(4-2)23-21(16)14-18/h5-14H,3-4H2,1-2H3. The number of rotatable bonds is 3. The van der Waals surface area contributed by atoms with Crippen LogP contribution in [0.2, 0.25) is 0 Å². The molecule has 0 N–H and O–H groups in total. The summed E-state index contributed by atoms with van der Waals surface area (Å²) in [7, 11) is 0. The molecule has 2 heteroatoms. The lowest BCUT2D eigenvalue weighted by Crippen LogP contribution is -1.91. The zero-order chi connectivity index (χ0) is 16.5. The summed E-state index contributed by atoms with van der Waals surface area (Å²) in [5, 5.41) is 2.37. The predicted octanol–water partition coefficient (Wildman–Crippen LogP) is 5.57. The van der Waals surface area contributed by atoms with E-state index in [0.29, 0.717) is 0 Å². The Balaban J connectivity index is 1.88. The fourth-order valence-corrected chi connectivity index (χ4v) is 3.17. The lowest BCUT2D eigenvalue weighted by molar-refractivity contribution is 1.06. The Labute approximate surface area is 142 Å². The van der Waals surface area contributed by atoms with Crippen LogP contribution in [0.25, 0.3) is 33.1 Å². The highest BCUT2D eigenvalue weighted by atomic mass is 14.7. The summed E-state index contributed by atoms with van der Waals surface area (Å²) < 4.78 is 0. The number of hydrogen-bond donors (Lipinski definition) is 0. The summed E-state index contributed by atoms with van der Waals surface area (Å²) in [5.41, 5.74) is 6.69. The van der Waals surface area contributed by atoms with Crippen LogP contribution in [0.4, 0.5) is 0 Å². The van der Waals surface area contributed by atoms with Gasteiger partial charge in [-0.25, -0.2) is 4.98 Å². The number of para-hydroxylation sites is 1. The molecule has 0 aliphatic rings. The second kappa shape index (κ2) is 6.04. The highest BCUT2D eigenvalue weighted by Gasteiger charge is 2.06. The van der Waals surface area contributed by atoms with Gasteiger partial charge < -0.3 is 0 Å². The second-order valence-corrected chi connectivity index (χ2v) is 6.10. The van der Waals surface area contributed by atoms with E-state index < -0.39 is 0 Å². The van der Waals surface area contributed by atoms with E-state index in [2.05, 4.69) is 74.5 Å². The molecule has 4 rings (SSSR count). The minimum atomic E-state index is 0.953. The first kappa shape index (κ1) is 14.8. The molecular weight excluding hydrogens is 292 g/mol. The van der Waals surface area contributed by atoms with E-state index in [-0.39, 0.29) is 0 Å². The van der Waals surface area contributed by atoms with Crippen LogP contribution in [-0.2, 0) is 12.8 Å². The molecule has 0 unspecified atom stereocenters. The first-order valence-corrected chi connectivity index (χ1v) is 8.57. The van der Waals surface area contributed by atoms with E-state index >= 15 is 0 Å². The molecule has 0 radical (unpaired) electrons.